The quantitative estimate of drug-likeness (QED) is 0.696. The van der Waals surface area contributed by atoms with Gasteiger partial charge in [0.2, 0.25) is 0 Å². The summed E-state index contributed by atoms with van der Waals surface area (Å²) in [6, 6.07) is 7.73. The van der Waals surface area contributed by atoms with E-state index in [4.69, 9.17) is 27.9 Å². The van der Waals surface area contributed by atoms with Crippen molar-refractivity contribution in [1.29, 1.82) is 0 Å². The molecule has 2 aliphatic heterocycles. The highest BCUT2D eigenvalue weighted by Crippen LogP contribution is 2.33. The molecule has 9 heteroatoms. The van der Waals surface area contributed by atoms with Crippen molar-refractivity contribution < 1.29 is 17.9 Å². The molecule has 1 atom stereocenters. The Bertz CT molecular complexity index is 1100. The lowest BCUT2D eigenvalue weighted by Crippen LogP contribution is -2.45. The number of aryl methyl sites for hydroxylation is 1. The van der Waals surface area contributed by atoms with Gasteiger partial charge >= 0.3 is 0 Å². The Morgan fingerprint density at radius 3 is 2.70 bits per heavy atom. The van der Waals surface area contributed by atoms with Crippen molar-refractivity contribution in [2.45, 2.75) is 43.5 Å². The Morgan fingerprint density at radius 1 is 1.10 bits per heavy atom. The number of amides is 1. The molecule has 30 heavy (non-hydrogen) atoms. The van der Waals surface area contributed by atoms with Crippen molar-refractivity contribution in [2.75, 3.05) is 17.9 Å². The molecule has 1 amide bonds. The third kappa shape index (κ3) is 4.11. The van der Waals surface area contributed by atoms with Gasteiger partial charge in [0.05, 0.1) is 17.2 Å². The van der Waals surface area contributed by atoms with E-state index >= 15 is 0 Å². The minimum absolute atomic E-state index is 0.0277. The van der Waals surface area contributed by atoms with Gasteiger partial charge in [-0.3, -0.25) is 9.52 Å². The van der Waals surface area contributed by atoms with E-state index in [1.807, 2.05) is 4.90 Å². The highest BCUT2D eigenvalue weighted by Gasteiger charge is 2.31. The predicted octanol–water partition coefficient (Wildman–Crippen LogP) is 4.88. The lowest BCUT2D eigenvalue weighted by Gasteiger charge is -2.37. The number of piperidine rings is 1. The fourth-order valence-corrected chi connectivity index (χ4v) is 5.84. The van der Waals surface area contributed by atoms with Crippen molar-refractivity contribution in [3.63, 3.8) is 0 Å². The Morgan fingerprint density at radius 2 is 1.90 bits per heavy atom. The number of nitrogens with zero attached hydrogens (tertiary/aromatic N) is 1. The molecule has 160 valence electrons. The number of halogens is 2. The molecule has 0 bridgehead atoms. The maximum atomic E-state index is 13.2. The third-order valence-corrected chi connectivity index (χ3v) is 7.81. The molecule has 0 radical (unpaired) electrons. The molecule has 1 fully saturated rings. The van der Waals surface area contributed by atoms with Crippen LogP contribution in [0.2, 0.25) is 10.0 Å². The van der Waals surface area contributed by atoms with Crippen LogP contribution in [0.4, 0.5) is 5.69 Å². The SMILES string of the molecule is Cc1cc(S(=O)(=O)Nc2ccc3c(c2)C(=O)N2CCCC[C@@H]2CCO3)c(Cl)cc1Cl. The number of carbonyl (C=O) groups is 1. The predicted molar refractivity (Wildman–Crippen MR) is 117 cm³/mol. The first kappa shape index (κ1) is 21.3. The number of benzene rings is 2. The number of sulfonamides is 1. The summed E-state index contributed by atoms with van der Waals surface area (Å²) in [5.74, 6) is 0.336. The number of fused-ring (bicyclic) bond motifs is 2. The second kappa shape index (κ2) is 8.29. The highest BCUT2D eigenvalue weighted by atomic mass is 35.5. The summed E-state index contributed by atoms with van der Waals surface area (Å²) < 4.78 is 34.2. The molecule has 0 aliphatic carbocycles. The fraction of sp³-hybridized carbons (Fsp3) is 0.381. The maximum Gasteiger partial charge on any atom is 0.263 e. The first-order valence-corrected chi connectivity index (χ1v) is 12.1. The Labute approximate surface area is 186 Å². The molecule has 1 saturated heterocycles. The number of ether oxygens (including phenoxy) is 1. The van der Waals surface area contributed by atoms with E-state index in [9.17, 15) is 13.2 Å². The number of hydrogen-bond donors (Lipinski definition) is 1. The second-order valence-corrected chi connectivity index (χ2v) is 10.1. The molecule has 6 nitrogen and oxygen atoms in total. The summed E-state index contributed by atoms with van der Waals surface area (Å²) in [4.78, 5) is 15.0. The van der Waals surface area contributed by atoms with E-state index in [1.54, 1.807) is 19.1 Å². The smallest absolute Gasteiger partial charge is 0.263 e. The van der Waals surface area contributed by atoms with Gasteiger partial charge in [-0.25, -0.2) is 8.42 Å². The summed E-state index contributed by atoms with van der Waals surface area (Å²) in [7, 11) is -3.97. The lowest BCUT2D eigenvalue weighted by atomic mass is 9.97. The molecule has 0 unspecified atom stereocenters. The van der Waals surface area contributed by atoms with Crippen LogP contribution in [0.5, 0.6) is 5.75 Å². The van der Waals surface area contributed by atoms with Crippen LogP contribution in [0, 0.1) is 6.92 Å². The Kier molecular flexibility index (Phi) is 5.88. The van der Waals surface area contributed by atoms with E-state index in [0.29, 0.717) is 35.1 Å². The first-order valence-electron chi connectivity index (χ1n) is 9.82. The number of hydrogen-bond acceptors (Lipinski definition) is 4. The fourth-order valence-electron chi connectivity index (χ4n) is 3.96. The molecule has 0 aromatic heterocycles. The van der Waals surface area contributed by atoms with Gasteiger partial charge in [-0.15, -0.1) is 0 Å². The van der Waals surface area contributed by atoms with Crippen LogP contribution in [0.15, 0.2) is 35.2 Å². The van der Waals surface area contributed by atoms with Gasteiger partial charge in [0.15, 0.2) is 0 Å². The van der Waals surface area contributed by atoms with Gasteiger partial charge in [-0.1, -0.05) is 23.2 Å². The molecule has 1 N–H and O–H groups in total. The van der Waals surface area contributed by atoms with Crippen LogP contribution in [-0.4, -0.2) is 38.4 Å². The van der Waals surface area contributed by atoms with E-state index < -0.39 is 10.0 Å². The molecule has 2 aliphatic rings. The average Bonchev–Trinajstić information content (AvgIpc) is 2.70. The second-order valence-electron chi connectivity index (χ2n) is 7.63. The van der Waals surface area contributed by atoms with Gasteiger partial charge < -0.3 is 9.64 Å². The largest absolute Gasteiger partial charge is 0.493 e. The van der Waals surface area contributed by atoms with Gasteiger partial charge in [0, 0.05) is 29.7 Å². The molecule has 2 aromatic carbocycles. The third-order valence-electron chi connectivity index (χ3n) is 5.56. The van der Waals surface area contributed by atoms with Crippen LogP contribution in [-0.2, 0) is 10.0 Å². The molecular formula is C21H22Cl2N2O4S. The standard InChI is InChI=1S/C21H22Cl2N2O4S/c1-13-10-20(18(23)12-17(13)22)30(27,28)24-14-5-6-19-16(11-14)21(26)25-8-3-2-4-15(25)7-9-29-19/h5-6,10-12,15,24H,2-4,7-9H2,1H3/t15-/m1/s1. The van der Waals surface area contributed by atoms with E-state index in [0.717, 1.165) is 25.7 Å². The zero-order chi connectivity index (χ0) is 21.5. The van der Waals surface area contributed by atoms with E-state index in [-0.39, 0.29) is 27.6 Å². The Balaban J connectivity index is 1.67. The molecule has 2 aromatic rings. The van der Waals surface area contributed by atoms with Crippen molar-refractivity contribution in [3.8, 4) is 5.75 Å². The van der Waals surface area contributed by atoms with Crippen LogP contribution in [0.25, 0.3) is 0 Å². The molecular weight excluding hydrogens is 447 g/mol. The minimum Gasteiger partial charge on any atom is -0.493 e. The van der Waals surface area contributed by atoms with Gasteiger partial charge in [0.25, 0.3) is 15.9 Å². The number of anilines is 1. The molecule has 4 rings (SSSR count). The molecule has 0 saturated carbocycles. The maximum absolute atomic E-state index is 13.2. The lowest BCUT2D eigenvalue weighted by molar-refractivity contribution is 0.0548. The zero-order valence-electron chi connectivity index (χ0n) is 16.5. The topological polar surface area (TPSA) is 75.7 Å². The molecule has 0 spiro atoms. The van der Waals surface area contributed by atoms with Gasteiger partial charge in [-0.2, -0.15) is 0 Å². The summed E-state index contributed by atoms with van der Waals surface area (Å²) >= 11 is 12.1. The minimum atomic E-state index is -3.97. The highest BCUT2D eigenvalue weighted by molar-refractivity contribution is 7.92. The summed E-state index contributed by atoms with van der Waals surface area (Å²) in [6.07, 6.45) is 3.83. The summed E-state index contributed by atoms with van der Waals surface area (Å²) in [5.41, 5.74) is 1.23. The van der Waals surface area contributed by atoms with Crippen molar-refractivity contribution in [2.24, 2.45) is 0 Å². The van der Waals surface area contributed by atoms with E-state index in [2.05, 4.69) is 4.72 Å². The first-order chi connectivity index (χ1) is 14.3. The number of rotatable bonds is 3. The van der Waals surface area contributed by atoms with Crippen molar-refractivity contribution in [3.05, 3.63) is 51.5 Å². The van der Waals surface area contributed by atoms with Crippen molar-refractivity contribution in [1.82, 2.24) is 4.90 Å². The van der Waals surface area contributed by atoms with Crippen LogP contribution < -0.4 is 9.46 Å². The summed E-state index contributed by atoms with van der Waals surface area (Å²) in [5, 5.41) is 0.416. The normalized spacial score (nSPS) is 19.2. The van der Waals surface area contributed by atoms with Crippen LogP contribution >= 0.6 is 23.2 Å². The van der Waals surface area contributed by atoms with Gasteiger partial charge in [0.1, 0.15) is 10.6 Å². The zero-order valence-corrected chi connectivity index (χ0v) is 18.8. The summed E-state index contributed by atoms with van der Waals surface area (Å²) in [6.45, 7) is 2.93. The van der Waals surface area contributed by atoms with E-state index in [1.165, 1.54) is 18.2 Å². The van der Waals surface area contributed by atoms with Gasteiger partial charge in [-0.05, 0) is 62.1 Å². The van der Waals surface area contributed by atoms with Crippen LogP contribution in [0.3, 0.4) is 0 Å². The average molecular weight is 469 g/mol. The number of carbonyl (C=O) groups excluding carboxylic acids is 1. The Hall–Kier alpha value is -1.96. The van der Waals surface area contributed by atoms with Crippen LogP contribution in [0.1, 0.15) is 41.6 Å². The van der Waals surface area contributed by atoms with Crippen molar-refractivity contribution >= 4 is 44.8 Å². The number of nitrogens with one attached hydrogen (secondary N) is 1. The monoisotopic (exact) mass is 468 g/mol. The molecule has 2 heterocycles.